The highest BCUT2D eigenvalue weighted by Crippen LogP contribution is 2.21. The Balaban J connectivity index is 2.01. The summed E-state index contributed by atoms with van der Waals surface area (Å²) in [5, 5.41) is 10.0. The lowest BCUT2D eigenvalue weighted by molar-refractivity contribution is 0.178. The van der Waals surface area contributed by atoms with Crippen LogP contribution in [0.4, 0.5) is 0 Å². The Labute approximate surface area is 101 Å². The third-order valence-corrected chi connectivity index (χ3v) is 2.59. The number of hydrogen-bond donors (Lipinski definition) is 1. The Bertz CT molecular complexity index is 431. The molecule has 0 aliphatic carbocycles. The number of aliphatic hydroxyl groups excluding tert-OH is 1. The quantitative estimate of drug-likeness (QED) is 0.861. The maximum absolute atomic E-state index is 10.0. The molecule has 3 heteroatoms. The van der Waals surface area contributed by atoms with E-state index in [2.05, 4.69) is 0 Å². The van der Waals surface area contributed by atoms with E-state index >= 15 is 0 Å². The molecule has 0 amide bonds. The summed E-state index contributed by atoms with van der Waals surface area (Å²) in [5.74, 6) is 0.826. The molecule has 0 radical (unpaired) electrons. The molecular weight excluding hydrogens is 216 g/mol. The zero-order valence-corrected chi connectivity index (χ0v) is 9.80. The van der Waals surface area contributed by atoms with E-state index in [9.17, 15) is 5.11 Å². The van der Waals surface area contributed by atoms with Gasteiger partial charge in [-0.1, -0.05) is 12.1 Å². The van der Waals surface area contributed by atoms with Crippen LogP contribution in [0, 0.1) is 0 Å². The van der Waals surface area contributed by atoms with E-state index in [0.717, 1.165) is 16.9 Å². The van der Waals surface area contributed by atoms with Gasteiger partial charge in [0.05, 0.1) is 25.2 Å². The molecule has 0 fully saturated rings. The van der Waals surface area contributed by atoms with Gasteiger partial charge in [-0.25, -0.2) is 0 Å². The van der Waals surface area contributed by atoms with Gasteiger partial charge in [0.2, 0.25) is 0 Å². The van der Waals surface area contributed by atoms with Crippen molar-refractivity contribution in [2.45, 2.75) is 19.4 Å². The third-order valence-electron chi connectivity index (χ3n) is 2.59. The average molecular weight is 232 g/mol. The Morgan fingerprint density at radius 3 is 2.59 bits per heavy atom. The fraction of sp³-hybridized carbons (Fsp3) is 0.286. The summed E-state index contributed by atoms with van der Waals surface area (Å²) in [6.45, 7) is 2.60. The number of ether oxygens (including phenoxy) is 1. The minimum atomic E-state index is -0.511. The molecule has 90 valence electrons. The van der Waals surface area contributed by atoms with Crippen molar-refractivity contribution in [2.24, 2.45) is 0 Å². The van der Waals surface area contributed by atoms with Crippen molar-refractivity contribution in [3.05, 3.63) is 54.0 Å². The largest absolute Gasteiger partial charge is 0.494 e. The van der Waals surface area contributed by atoms with E-state index in [0.29, 0.717) is 13.0 Å². The molecule has 1 N–H and O–H groups in total. The Morgan fingerprint density at radius 1 is 1.24 bits per heavy atom. The summed E-state index contributed by atoms with van der Waals surface area (Å²) in [7, 11) is 0. The minimum absolute atomic E-state index is 0.511. The van der Waals surface area contributed by atoms with Gasteiger partial charge in [0.25, 0.3) is 0 Å². The topological polar surface area (TPSA) is 42.6 Å². The van der Waals surface area contributed by atoms with E-state index in [1.807, 2.05) is 37.3 Å². The van der Waals surface area contributed by atoms with Gasteiger partial charge >= 0.3 is 0 Å². The van der Waals surface area contributed by atoms with Crippen LogP contribution in [0.1, 0.15) is 24.2 Å². The standard InChI is InChI=1S/C14H16O3/c1-2-17-13-5-3-12(4-6-13)14(15)9-11-7-8-16-10-11/h3-8,10,14-15H,2,9H2,1H3. The number of benzene rings is 1. The summed E-state index contributed by atoms with van der Waals surface area (Å²) in [6, 6.07) is 9.37. The monoisotopic (exact) mass is 232 g/mol. The second-order valence-electron chi connectivity index (χ2n) is 3.85. The zero-order valence-electron chi connectivity index (χ0n) is 9.80. The predicted molar refractivity (Wildman–Crippen MR) is 65.0 cm³/mol. The first-order valence-electron chi connectivity index (χ1n) is 5.71. The molecule has 1 atom stereocenters. The van der Waals surface area contributed by atoms with Crippen molar-refractivity contribution >= 4 is 0 Å². The number of furan rings is 1. The van der Waals surface area contributed by atoms with Gasteiger partial charge in [0.1, 0.15) is 5.75 Å². The van der Waals surface area contributed by atoms with E-state index in [1.165, 1.54) is 0 Å². The molecule has 0 saturated carbocycles. The highest BCUT2D eigenvalue weighted by molar-refractivity contribution is 5.29. The average Bonchev–Trinajstić information content (AvgIpc) is 2.83. The summed E-state index contributed by atoms with van der Waals surface area (Å²) in [6.07, 6.45) is 3.31. The molecule has 2 rings (SSSR count). The molecular formula is C14H16O3. The maximum Gasteiger partial charge on any atom is 0.119 e. The summed E-state index contributed by atoms with van der Waals surface area (Å²) >= 11 is 0. The van der Waals surface area contributed by atoms with Crippen LogP contribution in [0.3, 0.4) is 0 Å². The number of rotatable bonds is 5. The molecule has 1 heterocycles. The first kappa shape index (κ1) is 11.7. The predicted octanol–water partition coefficient (Wildman–Crippen LogP) is 2.95. The highest BCUT2D eigenvalue weighted by Gasteiger charge is 2.09. The second kappa shape index (κ2) is 5.55. The Kier molecular flexibility index (Phi) is 3.83. The molecule has 0 spiro atoms. The van der Waals surface area contributed by atoms with Crippen molar-refractivity contribution in [2.75, 3.05) is 6.61 Å². The maximum atomic E-state index is 10.0. The van der Waals surface area contributed by atoms with Gasteiger partial charge in [-0.15, -0.1) is 0 Å². The Hall–Kier alpha value is -1.74. The van der Waals surface area contributed by atoms with E-state index in [-0.39, 0.29) is 0 Å². The van der Waals surface area contributed by atoms with Crippen molar-refractivity contribution in [1.82, 2.24) is 0 Å². The van der Waals surface area contributed by atoms with Crippen LogP contribution in [0.2, 0.25) is 0 Å². The van der Waals surface area contributed by atoms with E-state index in [1.54, 1.807) is 12.5 Å². The van der Waals surface area contributed by atoms with Crippen molar-refractivity contribution in [3.63, 3.8) is 0 Å². The molecule has 0 aliphatic heterocycles. The number of aliphatic hydroxyl groups is 1. The molecule has 3 nitrogen and oxygen atoms in total. The Morgan fingerprint density at radius 2 is 2.00 bits per heavy atom. The van der Waals surface area contributed by atoms with Crippen LogP contribution in [0.15, 0.2) is 47.3 Å². The molecule has 2 aromatic rings. The van der Waals surface area contributed by atoms with Crippen LogP contribution in [0.5, 0.6) is 5.75 Å². The minimum Gasteiger partial charge on any atom is -0.494 e. The highest BCUT2D eigenvalue weighted by atomic mass is 16.5. The van der Waals surface area contributed by atoms with E-state index in [4.69, 9.17) is 9.15 Å². The molecule has 0 bridgehead atoms. The third kappa shape index (κ3) is 3.11. The first-order chi connectivity index (χ1) is 8.29. The fourth-order valence-corrected chi connectivity index (χ4v) is 1.70. The van der Waals surface area contributed by atoms with Gasteiger partial charge in [-0.3, -0.25) is 0 Å². The summed E-state index contributed by atoms with van der Waals surface area (Å²) < 4.78 is 10.3. The molecule has 0 aliphatic rings. The lowest BCUT2D eigenvalue weighted by atomic mass is 10.0. The van der Waals surface area contributed by atoms with Gasteiger partial charge < -0.3 is 14.3 Å². The van der Waals surface area contributed by atoms with Gasteiger partial charge in [0, 0.05) is 6.42 Å². The van der Waals surface area contributed by atoms with Crippen LogP contribution < -0.4 is 4.74 Å². The van der Waals surface area contributed by atoms with Crippen LogP contribution in [-0.2, 0) is 6.42 Å². The van der Waals surface area contributed by atoms with Crippen LogP contribution in [0.25, 0.3) is 0 Å². The second-order valence-corrected chi connectivity index (χ2v) is 3.85. The molecule has 1 aromatic carbocycles. The lowest BCUT2D eigenvalue weighted by Crippen LogP contribution is -2.01. The van der Waals surface area contributed by atoms with Gasteiger partial charge in [-0.05, 0) is 36.2 Å². The molecule has 17 heavy (non-hydrogen) atoms. The fourth-order valence-electron chi connectivity index (χ4n) is 1.70. The SMILES string of the molecule is CCOc1ccc(C(O)Cc2ccoc2)cc1. The summed E-state index contributed by atoms with van der Waals surface area (Å²) in [5.41, 5.74) is 1.88. The van der Waals surface area contributed by atoms with Crippen LogP contribution in [-0.4, -0.2) is 11.7 Å². The summed E-state index contributed by atoms with van der Waals surface area (Å²) in [4.78, 5) is 0. The molecule has 0 saturated heterocycles. The smallest absolute Gasteiger partial charge is 0.119 e. The van der Waals surface area contributed by atoms with Crippen molar-refractivity contribution < 1.29 is 14.3 Å². The molecule has 1 unspecified atom stereocenters. The van der Waals surface area contributed by atoms with Crippen molar-refractivity contribution in [1.29, 1.82) is 0 Å². The first-order valence-corrected chi connectivity index (χ1v) is 5.71. The zero-order chi connectivity index (χ0) is 12.1. The number of hydrogen-bond acceptors (Lipinski definition) is 3. The van der Waals surface area contributed by atoms with Gasteiger partial charge in [-0.2, -0.15) is 0 Å². The van der Waals surface area contributed by atoms with Gasteiger partial charge in [0.15, 0.2) is 0 Å². The van der Waals surface area contributed by atoms with Crippen LogP contribution >= 0.6 is 0 Å². The normalized spacial score (nSPS) is 12.4. The van der Waals surface area contributed by atoms with E-state index < -0.39 is 6.10 Å². The lowest BCUT2D eigenvalue weighted by Gasteiger charge is -2.10. The van der Waals surface area contributed by atoms with Crippen molar-refractivity contribution in [3.8, 4) is 5.75 Å². The molecule has 1 aromatic heterocycles.